The van der Waals surface area contributed by atoms with Crippen molar-refractivity contribution in [2.75, 3.05) is 14.1 Å². The van der Waals surface area contributed by atoms with Gasteiger partial charge in [0.15, 0.2) is 0 Å². The fraction of sp³-hybridized carbons (Fsp3) is 0.909. The van der Waals surface area contributed by atoms with Gasteiger partial charge in [-0.05, 0) is 39.3 Å². The van der Waals surface area contributed by atoms with Crippen LogP contribution >= 0.6 is 0 Å². The summed E-state index contributed by atoms with van der Waals surface area (Å²) in [4.78, 5) is 2.24. The Labute approximate surface area is 81.5 Å². The number of nitrogens with zero attached hydrogens (tertiary/aromatic N) is 2. The quantitative estimate of drug-likeness (QED) is 0.663. The third-order valence-electron chi connectivity index (χ3n) is 3.25. The molecule has 0 amide bonds. The highest BCUT2D eigenvalue weighted by Gasteiger charge is 2.33. The fourth-order valence-electron chi connectivity index (χ4n) is 2.30. The maximum Gasteiger partial charge on any atom is 0.0672 e. The van der Waals surface area contributed by atoms with Crippen molar-refractivity contribution in [2.24, 2.45) is 11.8 Å². The average Bonchev–Trinajstić information content (AvgIpc) is 2.01. The molecule has 0 saturated heterocycles. The van der Waals surface area contributed by atoms with Gasteiger partial charge in [-0.1, -0.05) is 13.3 Å². The van der Waals surface area contributed by atoms with Crippen LogP contribution in [0.15, 0.2) is 0 Å². The first kappa shape index (κ1) is 10.5. The Morgan fingerprint density at radius 3 is 2.31 bits per heavy atom. The summed E-state index contributed by atoms with van der Waals surface area (Å²) in [7, 11) is 4.20. The minimum absolute atomic E-state index is 0.222. The zero-order valence-corrected chi connectivity index (χ0v) is 8.95. The molecule has 2 heteroatoms. The molecular formula is C11H20N2. The Hall–Kier alpha value is -0.550. The van der Waals surface area contributed by atoms with Gasteiger partial charge in [0.1, 0.15) is 0 Å². The van der Waals surface area contributed by atoms with Gasteiger partial charge in [-0.3, -0.25) is 0 Å². The van der Waals surface area contributed by atoms with E-state index in [2.05, 4.69) is 32.0 Å². The molecule has 0 radical (unpaired) electrons. The van der Waals surface area contributed by atoms with Crippen LogP contribution in [0.3, 0.4) is 0 Å². The van der Waals surface area contributed by atoms with Crippen LogP contribution in [0.25, 0.3) is 0 Å². The molecule has 0 aliphatic heterocycles. The van der Waals surface area contributed by atoms with E-state index in [4.69, 9.17) is 5.26 Å². The molecule has 2 unspecified atom stereocenters. The molecule has 0 aromatic rings. The highest BCUT2D eigenvalue weighted by molar-refractivity contribution is 4.96. The highest BCUT2D eigenvalue weighted by atomic mass is 15.1. The lowest BCUT2D eigenvalue weighted by Gasteiger charge is -2.40. The van der Waals surface area contributed by atoms with E-state index in [0.29, 0.717) is 6.04 Å². The molecule has 1 fully saturated rings. The minimum Gasteiger partial charge on any atom is -0.305 e. The van der Waals surface area contributed by atoms with Crippen LogP contribution in [0.1, 0.15) is 32.6 Å². The maximum absolute atomic E-state index is 9.04. The van der Waals surface area contributed by atoms with Crippen molar-refractivity contribution in [3.8, 4) is 6.07 Å². The van der Waals surface area contributed by atoms with Gasteiger partial charge in [-0.15, -0.1) is 0 Å². The molecule has 1 rings (SSSR count). The van der Waals surface area contributed by atoms with Gasteiger partial charge >= 0.3 is 0 Å². The second-order valence-electron chi connectivity index (χ2n) is 4.29. The second-order valence-corrected chi connectivity index (χ2v) is 4.29. The Morgan fingerprint density at radius 1 is 1.46 bits per heavy atom. The molecular weight excluding hydrogens is 160 g/mol. The lowest BCUT2D eigenvalue weighted by molar-refractivity contribution is 0.107. The van der Waals surface area contributed by atoms with Crippen molar-refractivity contribution in [3.05, 3.63) is 0 Å². The summed E-state index contributed by atoms with van der Waals surface area (Å²) < 4.78 is 0. The molecule has 1 aliphatic carbocycles. The third kappa shape index (κ3) is 2.22. The first-order valence-corrected chi connectivity index (χ1v) is 5.26. The molecule has 0 heterocycles. The van der Waals surface area contributed by atoms with Crippen molar-refractivity contribution in [1.82, 2.24) is 4.90 Å². The third-order valence-corrected chi connectivity index (χ3v) is 3.25. The van der Waals surface area contributed by atoms with Crippen LogP contribution in [0.5, 0.6) is 0 Å². The van der Waals surface area contributed by atoms with E-state index in [1.165, 1.54) is 19.3 Å². The molecule has 2 atom stereocenters. The summed E-state index contributed by atoms with van der Waals surface area (Å²) in [6.45, 7) is 2.11. The molecule has 0 bridgehead atoms. The largest absolute Gasteiger partial charge is 0.305 e. The summed E-state index contributed by atoms with van der Waals surface area (Å²) in [5, 5.41) is 9.04. The first-order chi connectivity index (χ1) is 6.20. The van der Waals surface area contributed by atoms with Crippen LogP contribution in [0, 0.1) is 23.2 Å². The smallest absolute Gasteiger partial charge is 0.0672 e. The zero-order valence-electron chi connectivity index (χ0n) is 8.95. The van der Waals surface area contributed by atoms with Crippen LogP contribution in [-0.2, 0) is 0 Å². The van der Waals surface area contributed by atoms with Crippen LogP contribution < -0.4 is 0 Å². The standard InChI is InChI=1S/C11H20N2/c1-4-9(8-12)11(13(2)3)10-6-5-7-10/h9-11H,4-7H2,1-3H3. The predicted molar refractivity (Wildman–Crippen MR) is 54.2 cm³/mol. The lowest BCUT2D eigenvalue weighted by atomic mass is 9.74. The van der Waals surface area contributed by atoms with Crippen molar-refractivity contribution in [3.63, 3.8) is 0 Å². The lowest BCUT2D eigenvalue weighted by Crippen LogP contribution is -2.43. The Bertz CT molecular complexity index is 189. The molecule has 0 aromatic heterocycles. The van der Waals surface area contributed by atoms with Crippen LogP contribution in [0.4, 0.5) is 0 Å². The van der Waals surface area contributed by atoms with E-state index >= 15 is 0 Å². The van der Waals surface area contributed by atoms with Gasteiger partial charge in [0.25, 0.3) is 0 Å². The van der Waals surface area contributed by atoms with Crippen molar-refractivity contribution < 1.29 is 0 Å². The van der Waals surface area contributed by atoms with Crippen molar-refractivity contribution >= 4 is 0 Å². The molecule has 0 aromatic carbocycles. The monoisotopic (exact) mass is 180 g/mol. The van der Waals surface area contributed by atoms with E-state index in [-0.39, 0.29) is 5.92 Å². The van der Waals surface area contributed by atoms with Gasteiger partial charge < -0.3 is 4.90 Å². The van der Waals surface area contributed by atoms with E-state index < -0.39 is 0 Å². The summed E-state index contributed by atoms with van der Waals surface area (Å²) in [6, 6.07) is 2.93. The molecule has 1 saturated carbocycles. The first-order valence-electron chi connectivity index (χ1n) is 5.26. The van der Waals surface area contributed by atoms with Crippen molar-refractivity contribution in [1.29, 1.82) is 5.26 Å². The normalized spacial score (nSPS) is 22.1. The SMILES string of the molecule is CCC(C#N)C(C1CCC1)N(C)C. The maximum atomic E-state index is 9.04. The highest BCUT2D eigenvalue weighted by Crippen LogP contribution is 2.35. The molecule has 1 aliphatic rings. The molecule has 2 nitrogen and oxygen atoms in total. The predicted octanol–water partition coefficient (Wildman–Crippen LogP) is 2.27. The van der Waals surface area contributed by atoms with Gasteiger partial charge in [0.2, 0.25) is 0 Å². The fourth-order valence-corrected chi connectivity index (χ4v) is 2.30. The Morgan fingerprint density at radius 2 is 2.08 bits per heavy atom. The molecule has 0 spiro atoms. The van der Waals surface area contributed by atoms with Gasteiger partial charge in [-0.2, -0.15) is 5.26 Å². The summed E-state index contributed by atoms with van der Waals surface area (Å²) in [5.74, 6) is 1.000. The van der Waals surface area contributed by atoms with E-state index in [0.717, 1.165) is 12.3 Å². The van der Waals surface area contributed by atoms with Crippen LogP contribution in [0.2, 0.25) is 0 Å². The van der Waals surface area contributed by atoms with Gasteiger partial charge in [-0.25, -0.2) is 0 Å². The number of rotatable bonds is 4. The molecule has 74 valence electrons. The van der Waals surface area contributed by atoms with E-state index in [1.54, 1.807) is 0 Å². The zero-order chi connectivity index (χ0) is 9.84. The van der Waals surface area contributed by atoms with Gasteiger partial charge in [0, 0.05) is 6.04 Å². The second kappa shape index (κ2) is 4.62. The van der Waals surface area contributed by atoms with Gasteiger partial charge in [0.05, 0.1) is 12.0 Å². The number of hydrogen-bond acceptors (Lipinski definition) is 2. The topological polar surface area (TPSA) is 27.0 Å². The molecule has 0 N–H and O–H groups in total. The Kier molecular flexibility index (Phi) is 3.74. The van der Waals surface area contributed by atoms with Crippen molar-refractivity contribution in [2.45, 2.75) is 38.6 Å². The number of hydrogen-bond donors (Lipinski definition) is 0. The minimum atomic E-state index is 0.222. The van der Waals surface area contributed by atoms with E-state index in [9.17, 15) is 0 Å². The summed E-state index contributed by atoms with van der Waals surface area (Å²) >= 11 is 0. The number of nitriles is 1. The van der Waals surface area contributed by atoms with E-state index in [1.807, 2.05) is 0 Å². The summed E-state index contributed by atoms with van der Waals surface area (Å²) in [6.07, 6.45) is 4.98. The summed E-state index contributed by atoms with van der Waals surface area (Å²) in [5.41, 5.74) is 0. The molecule has 13 heavy (non-hydrogen) atoms. The average molecular weight is 180 g/mol. The van der Waals surface area contributed by atoms with Crippen LogP contribution in [-0.4, -0.2) is 25.0 Å². The Balaban J connectivity index is 2.60.